The van der Waals surface area contributed by atoms with Gasteiger partial charge in [-0.1, -0.05) is 27.7 Å². The van der Waals surface area contributed by atoms with Gasteiger partial charge in [0.25, 0.3) is 0 Å². The molecule has 106 valence electrons. The van der Waals surface area contributed by atoms with Crippen molar-refractivity contribution in [3.63, 3.8) is 0 Å². The summed E-state index contributed by atoms with van der Waals surface area (Å²) in [4.78, 5) is 14.0. The Morgan fingerprint density at radius 1 is 1.33 bits per heavy atom. The first-order valence-corrected chi connectivity index (χ1v) is 7.56. The number of hydrogen-bond donors (Lipinski definition) is 0. The molecule has 0 spiro atoms. The number of carbonyl (C=O) groups is 1. The minimum absolute atomic E-state index is 0.200. The molecule has 0 aromatic carbocycles. The number of likely N-dealkylation sites (tertiary alicyclic amines) is 1. The Morgan fingerprint density at radius 3 is 2.56 bits per heavy atom. The molecule has 0 radical (unpaired) electrons. The average Bonchev–Trinajstić information content (AvgIpc) is 3.01. The van der Waals surface area contributed by atoms with Gasteiger partial charge in [-0.2, -0.15) is 0 Å². The SMILES string of the molecule is CC.CC(C)C1CCN(C(=O)CC2CCCO2)C1. The first-order valence-electron chi connectivity index (χ1n) is 7.56. The van der Waals surface area contributed by atoms with Gasteiger partial charge in [-0.3, -0.25) is 4.79 Å². The Morgan fingerprint density at radius 2 is 2.06 bits per heavy atom. The Labute approximate surface area is 112 Å². The molecule has 0 saturated carbocycles. The van der Waals surface area contributed by atoms with Crippen LogP contribution in [-0.4, -0.2) is 36.6 Å². The monoisotopic (exact) mass is 255 g/mol. The van der Waals surface area contributed by atoms with Crippen LogP contribution in [0.2, 0.25) is 0 Å². The molecule has 2 atom stereocenters. The molecule has 2 aliphatic rings. The van der Waals surface area contributed by atoms with E-state index in [0.717, 1.165) is 32.5 Å². The van der Waals surface area contributed by atoms with E-state index in [1.807, 2.05) is 18.7 Å². The van der Waals surface area contributed by atoms with Crippen LogP contribution in [0.5, 0.6) is 0 Å². The molecule has 2 rings (SSSR count). The second kappa shape index (κ2) is 7.78. The fraction of sp³-hybridized carbons (Fsp3) is 0.933. The van der Waals surface area contributed by atoms with Gasteiger partial charge in [-0.25, -0.2) is 0 Å². The fourth-order valence-corrected chi connectivity index (χ4v) is 2.69. The van der Waals surface area contributed by atoms with Gasteiger partial charge in [0, 0.05) is 19.7 Å². The summed E-state index contributed by atoms with van der Waals surface area (Å²) >= 11 is 0. The highest BCUT2D eigenvalue weighted by Crippen LogP contribution is 2.25. The second-order valence-electron chi connectivity index (χ2n) is 5.47. The highest BCUT2D eigenvalue weighted by Gasteiger charge is 2.29. The van der Waals surface area contributed by atoms with E-state index in [2.05, 4.69) is 13.8 Å². The molecule has 2 fully saturated rings. The van der Waals surface area contributed by atoms with Crippen LogP contribution in [0.15, 0.2) is 0 Å². The van der Waals surface area contributed by atoms with E-state index < -0.39 is 0 Å². The maximum absolute atomic E-state index is 12.0. The number of ether oxygens (including phenoxy) is 1. The van der Waals surface area contributed by atoms with Crippen molar-refractivity contribution >= 4 is 5.91 Å². The van der Waals surface area contributed by atoms with Crippen molar-refractivity contribution in [3.05, 3.63) is 0 Å². The number of carbonyl (C=O) groups excluding carboxylic acids is 1. The quantitative estimate of drug-likeness (QED) is 0.775. The van der Waals surface area contributed by atoms with Crippen LogP contribution in [0.4, 0.5) is 0 Å². The highest BCUT2D eigenvalue weighted by molar-refractivity contribution is 5.77. The lowest BCUT2D eigenvalue weighted by atomic mass is 9.95. The summed E-state index contributed by atoms with van der Waals surface area (Å²) in [7, 11) is 0. The van der Waals surface area contributed by atoms with Gasteiger partial charge in [0.1, 0.15) is 0 Å². The number of hydrogen-bond acceptors (Lipinski definition) is 2. The molecule has 18 heavy (non-hydrogen) atoms. The van der Waals surface area contributed by atoms with E-state index >= 15 is 0 Å². The summed E-state index contributed by atoms with van der Waals surface area (Å²) in [6, 6.07) is 0. The molecule has 0 aromatic rings. The zero-order chi connectivity index (χ0) is 13.5. The summed E-state index contributed by atoms with van der Waals surface area (Å²) in [5.41, 5.74) is 0. The molecule has 3 nitrogen and oxygen atoms in total. The van der Waals surface area contributed by atoms with Gasteiger partial charge in [0.15, 0.2) is 0 Å². The molecule has 1 amide bonds. The molecule has 2 heterocycles. The van der Waals surface area contributed by atoms with Crippen LogP contribution in [0.25, 0.3) is 0 Å². The maximum Gasteiger partial charge on any atom is 0.225 e. The molecule has 3 heteroatoms. The summed E-state index contributed by atoms with van der Waals surface area (Å²) < 4.78 is 5.51. The lowest BCUT2D eigenvalue weighted by Gasteiger charge is -2.19. The zero-order valence-electron chi connectivity index (χ0n) is 12.4. The number of nitrogens with zero attached hydrogens (tertiary/aromatic N) is 1. The topological polar surface area (TPSA) is 29.5 Å². The molecule has 0 aliphatic carbocycles. The molecular weight excluding hydrogens is 226 g/mol. The third kappa shape index (κ3) is 4.27. The highest BCUT2D eigenvalue weighted by atomic mass is 16.5. The third-order valence-electron chi connectivity index (χ3n) is 3.95. The zero-order valence-corrected chi connectivity index (χ0v) is 12.4. The Hall–Kier alpha value is -0.570. The van der Waals surface area contributed by atoms with Crippen LogP contribution in [-0.2, 0) is 9.53 Å². The lowest BCUT2D eigenvalue weighted by molar-refractivity contribution is -0.132. The molecule has 0 aromatic heterocycles. The van der Waals surface area contributed by atoms with Crippen molar-refractivity contribution in [1.82, 2.24) is 4.90 Å². The summed E-state index contributed by atoms with van der Waals surface area (Å²) in [5.74, 6) is 1.70. The van der Waals surface area contributed by atoms with Gasteiger partial charge in [0.05, 0.1) is 12.5 Å². The van der Waals surface area contributed by atoms with E-state index in [1.165, 1.54) is 6.42 Å². The molecule has 2 unspecified atom stereocenters. The van der Waals surface area contributed by atoms with Crippen molar-refractivity contribution in [1.29, 1.82) is 0 Å². The van der Waals surface area contributed by atoms with E-state index in [0.29, 0.717) is 24.2 Å². The van der Waals surface area contributed by atoms with E-state index in [4.69, 9.17) is 4.74 Å². The molecule has 2 saturated heterocycles. The first-order chi connectivity index (χ1) is 8.66. The minimum atomic E-state index is 0.200. The van der Waals surface area contributed by atoms with Gasteiger partial charge < -0.3 is 9.64 Å². The molecular formula is C15H29NO2. The molecule has 0 N–H and O–H groups in total. The largest absolute Gasteiger partial charge is 0.378 e. The van der Waals surface area contributed by atoms with Crippen LogP contribution >= 0.6 is 0 Å². The Bertz CT molecular complexity index is 247. The van der Waals surface area contributed by atoms with Crippen molar-refractivity contribution in [2.24, 2.45) is 11.8 Å². The van der Waals surface area contributed by atoms with Gasteiger partial charge in [0.2, 0.25) is 5.91 Å². The van der Waals surface area contributed by atoms with Gasteiger partial charge >= 0.3 is 0 Å². The summed E-state index contributed by atoms with van der Waals surface area (Å²) in [5, 5.41) is 0. The van der Waals surface area contributed by atoms with Crippen molar-refractivity contribution in [2.45, 2.75) is 59.5 Å². The Balaban J connectivity index is 0.000000771. The lowest BCUT2D eigenvalue weighted by Crippen LogP contribution is -2.31. The average molecular weight is 255 g/mol. The van der Waals surface area contributed by atoms with Crippen molar-refractivity contribution in [2.75, 3.05) is 19.7 Å². The van der Waals surface area contributed by atoms with Crippen LogP contribution in [0.3, 0.4) is 0 Å². The van der Waals surface area contributed by atoms with Gasteiger partial charge in [-0.15, -0.1) is 0 Å². The minimum Gasteiger partial charge on any atom is -0.378 e. The normalized spacial score (nSPS) is 27.3. The number of amides is 1. The summed E-state index contributed by atoms with van der Waals surface area (Å²) in [6.45, 7) is 11.3. The Kier molecular flexibility index (Phi) is 6.69. The van der Waals surface area contributed by atoms with Crippen LogP contribution in [0.1, 0.15) is 53.4 Å². The summed E-state index contributed by atoms with van der Waals surface area (Å²) in [6.07, 6.45) is 4.16. The van der Waals surface area contributed by atoms with Crippen molar-refractivity contribution < 1.29 is 9.53 Å². The smallest absolute Gasteiger partial charge is 0.225 e. The number of rotatable bonds is 3. The standard InChI is InChI=1S/C13H23NO2.C2H6/c1-10(2)11-5-6-14(9-11)13(15)8-12-4-3-7-16-12;1-2/h10-12H,3-9H2,1-2H3;1-2H3. The van der Waals surface area contributed by atoms with Crippen molar-refractivity contribution in [3.8, 4) is 0 Å². The maximum atomic E-state index is 12.0. The van der Waals surface area contributed by atoms with Gasteiger partial charge in [-0.05, 0) is 31.1 Å². The molecule has 0 bridgehead atoms. The van der Waals surface area contributed by atoms with E-state index in [-0.39, 0.29) is 6.10 Å². The predicted molar refractivity (Wildman–Crippen MR) is 74.5 cm³/mol. The molecule has 2 aliphatic heterocycles. The first kappa shape index (κ1) is 15.5. The predicted octanol–water partition coefficient (Wildman–Crippen LogP) is 3.09. The third-order valence-corrected chi connectivity index (χ3v) is 3.95. The van der Waals surface area contributed by atoms with Crippen LogP contribution < -0.4 is 0 Å². The second-order valence-corrected chi connectivity index (χ2v) is 5.47. The van der Waals surface area contributed by atoms with E-state index in [1.54, 1.807) is 0 Å². The van der Waals surface area contributed by atoms with Crippen LogP contribution in [0, 0.1) is 11.8 Å². The fourth-order valence-electron chi connectivity index (χ4n) is 2.69. The van der Waals surface area contributed by atoms with E-state index in [9.17, 15) is 4.79 Å².